The molecule has 0 saturated carbocycles. The maximum atomic E-state index is 9.22. The molecular formula is C8H17NOP+. The van der Waals surface area contributed by atoms with Crippen LogP contribution in [0.2, 0.25) is 0 Å². The Balaban J connectivity index is 2.22. The summed E-state index contributed by atoms with van der Waals surface area (Å²) >= 11 is 0. The molecule has 1 rings (SSSR count). The molecule has 1 unspecified atom stereocenters. The van der Waals surface area contributed by atoms with Gasteiger partial charge in [0.15, 0.2) is 6.29 Å². The zero-order valence-corrected chi connectivity index (χ0v) is 8.06. The highest BCUT2D eigenvalue weighted by molar-refractivity contribution is 7.54. The van der Waals surface area contributed by atoms with Gasteiger partial charge in [-0.2, -0.15) is 0 Å². The number of piperidine rings is 1. The molecule has 0 aromatic carbocycles. The van der Waals surface area contributed by atoms with E-state index in [0.717, 1.165) is 32.2 Å². The highest BCUT2D eigenvalue weighted by Gasteiger charge is 2.18. The predicted molar refractivity (Wildman–Crippen MR) is 51.6 cm³/mol. The molecule has 2 nitrogen and oxygen atoms in total. The van der Waals surface area contributed by atoms with Crippen LogP contribution in [0, 0.1) is 0 Å². The second kappa shape index (κ2) is 4.20. The van der Waals surface area contributed by atoms with Crippen LogP contribution in [0.4, 0.5) is 0 Å². The second-order valence-corrected chi connectivity index (χ2v) is 5.34. The fourth-order valence-electron chi connectivity index (χ4n) is 1.40. The maximum Gasteiger partial charge on any atom is 0.158 e. The maximum absolute atomic E-state index is 9.22. The minimum atomic E-state index is -0.0433. The molecule has 1 aliphatic rings. The van der Waals surface area contributed by atoms with Gasteiger partial charge in [-0.15, -0.1) is 0 Å². The lowest BCUT2D eigenvalue weighted by molar-refractivity contribution is 0.0913. The van der Waals surface area contributed by atoms with Gasteiger partial charge in [0, 0.05) is 13.1 Å². The Morgan fingerprint density at radius 3 is 2.55 bits per heavy atom. The molecule has 0 aromatic rings. The van der Waals surface area contributed by atoms with Crippen LogP contribution in [0.3, 0.4) is 0 Å². The van der Waals surface area contributed by atoms with Crippen LogP contribution in [-0.4, -0.2) is 48.4 Å². The van der Waals surface area contributed by atoms with Gasteiger partial charge in [-0.3, -0.25) is 4.90 Å². The molecule has 64 valence electrons. The molecule has 1 fully saturated rings. The smallest absolute Gasteiger partial charge is 0.158 e. The molecule has 1 atom stereocenters. The highest BCUT2D eigenvalue weighted by atomic mass is 31.1. The Bertz CT molecular complexity index is 141. The van der Waals surface area contributed by atoms with Crippen molar-refractivity contribution >= 4 is 13.8 Å². The van der Waals surface area contributed by atoms with E-state index in [4.69, 9.17) is 0 Å². The van der Waals surface area contributed by atoms with Crippen molar-refractivity contribution in [3.8, 4) is 0 Å². The number of nitrogens with zero attached hydrogens (tertiary/aromatic N) is 1. The Labute approximate surface area is 69.6 Å². The summed E-state index contributed by atoms with van der Waals surface area (Å²) in [4.78, 5) is 2.41. The van der Waals surface area contributed by atoms with Gasteiger partial charge in [0.1, 0.15) is 0 Å². The van der Waals surface area contributed by atoms with Crippen molar-refractivity contribution in [3.63, 3.8) is 0 Å². The summed E-state index contributed by atoms with van der Waals surface area (Å²) in [7, 11) is -0.0433. The molecule has 3 heteroatoms. The molecule has 0 aliphatic carbocycles. The van der Waals surface area contributed by atoms with E-state index in [1.165, 1.54) is 0 Å². The first-order chi connectivity index (χ1) is 5.18. The van der Waals surface area contributed by atoms with Gasteiger partial charge in [0.2, 0.25) is 0 Å². The van der Waals surface area contributed by atoms with Crippen molar-refractivity contribution in [3.05, 3.63) is 0 Å². The van der Waals surface area contributed by atoms with Crippen LogP contribution < -0.4 is 0 Å². The zero-order valence-electron chi connectivity index (χ0n) is 7.16. The Morgan fingerprint density at radius 1 is 1.55 bits per heavy atom. The number of aliphatic hydroxyl groups is 1. The van der Waals surface area contributed by atoms with Crippen molar-refractivity contribution in [1.82, 2.24) is 4.90 Å². The molecule has 0 spiro atoms. The lowest BCUT2D eigenvalue weighted by Crippen LogP contribution is -2.35. The summed E-state index contributed by atoms with van der Waals surface area (Å²) in [6.07, 6.45) is 7.01. The van der Waals surface area contributed by atoms with Crippen molar-refractivity contribution in [1.29, 1.82) is 0 Å². The fourth-order valence-corrected chi connectivity index (χ4v) is 2.37. The van der Waals surface area contributed by atoms with E-state index in [2.05, 4.69) is 17.9 Å². The number of likely N-dealkylation sites (tertiary alicyclic amines) is 1. The lowest BCUT2D eigenvalue weighted by atomic mass is 10.1. The SMILES string of the molecule is C=[P+](C)CN1CCC(O)CC1. The third kappa shape index (κ3) is 3.33. The van der Waals surface area contributed by atoms with E-state index in [0.29, 0.717) is 0 Å². The predicted octanol–water partition coefficient (Wildman–Crippen LogP) is 0.944. The summed E-state index contributed by atoms with van der Waals surface area (Å²) in [5, 5.41) is 9.22. The highest BCUT2D eigenvalue weighted by Crippen LogP contribution is 2.18. The summed E-state index contributed by atoms with van der Waals surface area (Å²) in [5.74, 6) is 0. The Kier molecular flexibility index (Phi) is 3.50. The molecule has 1 heterocycles. The van der Waals surface area contributed by atoms with Crippen LogP contribution in [0.5, 0.6) is 0 Å². The van der Waals surface area contributed by atoms with Gasteiger partial charge in [0.05, 0.1) is 26.6 Å². The summed E-state index contributed by atoms with van der Waals surface area (Å²) in [5.41, 5.74) is 0. The average molecular weight is 174 g/mol. The third-order valence-corrected chi connectivity index (χ3v) is 2.88. The molecular weight excluding hydrogens is 157 g/mol. The van der Waals surface area contributed by atoms with Crippen LogP contribution in [0.25, 0.3) is 0 Å². The summed E-state index contributed by atoms with van der Waals surface area (Å²) < 4.78 is 0. The zero-order chi connectivity index (χ0) is 8.27. The van der Waals surface area contributed by atoms with Gasteiger partial charge in [-0.05, 0) is 12.8 Å². The number of rotatable bonds is 2. The molecule has 0 bridgehead atoms. The van der Waals surface area contributed by atoms with Gasteiger partial charge < -0.3 is 5.11 Å². The number of hydrogen-bond donors (Lipinski definition) is 1. The first-order valence-corrected chi connectivity index (χ1v) is 6.26. The standard InChI is InChI=1S/C8H17NOP/c1-11(2)7-9-5-3-8(10)4-6-9/h8,10H,1,3-7H2,2H3/q+1. The first-order valence-electron chi connectivity index (χ1n) is 4.10. The minimum Gasteiger partial charge on any atom is -0.393 e. The van der Waals surface area contributed by atoms with Gasteiger partial charge in [-0.1, -0.05) is 0 Å². The van der Waals surface area contributed by atoms with Gasteiger partial charge >= 0.3 is 0 Å². The topological polar surface area (TPSA) is 23.5 Å². The van der Waals surface area contributed by atoms with E-state index >= 15 is 0 Å². The van der Waals surface area contributed by atoms with E-state index in [1.807, 2.05) is 0 Å². The van der Waals surface area contributed by atoms with Gasteiger partial charge in [-0.25, -0.2) is 0 Å². The molecule has 1 saturated heterocycles. The Morgan fingerprint density at radius 2 is 2.09 bits per heavy atom. The van der Waals surface area contributed by atoms with Crippen molar-refractivity contribution in [2.45, 2.75) is 18.9 Å². The molecule has 11 heavy (non-hydrogen) atoms. The van der Waals surface area contributed by atoms with Crippen LogP contribution in [-0.2, 0) is 0 Å². The van der Waals surface area contributed by atoms with E-state index in [1.54, 1.807) is 0 Å². The average Bonchev–Trinajstić information content (AvgIpc) is 1.93. The van der Waals surface area contributed by atoms with Gasteiger partial charge in [0.25, 0.3) is 0 Å². The monoisotopic (exact) mass is 174 g/mol. The minimum absolute atomic E-state index is 0.0425. The van der Waals surface area contributed by atoms with E-state index < -0.39 is 0 Å². The molecule has 0 amide bonds. The van der Waals surface area contributed by atoms with Crippen molar-refractivity contribution in [2.24, 2.45) is 0 Å². The van der Waals surface area contributed by atoms with E-state index in [-0.39, 0.29) is 13.6 Å². The normalized spacial score (nSPS) is 23.6. The quantitative estimate of drug-likeness (QED) is 0.630. The van der Waals surface area contributed by atoms with Crippen molar-refractivity contribution < 1.29 is 5.11 Å². The third-order valence-electron chi connectivity index (χ3n) is 2.00. The van der Waals surface area contributed by atoms with Crippen LogP contribution in [0.15, 0.2) is 0 Å². The molecule has 1 N–H and O–H groups in total. The Hall–Kier alpha value is 0.0900. The summed E-state index contributed by atoms with van der Waals surface area (Å²) in [6.45, 7) is 4.31. The van der Waals surface area contributed by atoms with E-state index in [9.17, 15) is 5.11 Å². The van der Waals surface area contributed by atoms with Crippen molar-refractivity contribution in [2.75, 3.05) is 26.0 Å². The number of hydrogen-bond acceptors (Lipinski definition) is 2. The number of aliphatic hydroxyl groups excluding tert-OH is 1. The lowest BCUT2D eigenvalue weighted by Gasteiger charge is -2.26. The second-order valence-electron chi connectivity index (χ2n) is 3.35. The molecule has 0 radical (unpaired) electrons. The van der Waals surface area contributed by atoms with Crippen LogP contribution >= 0.6 is 7.55 Å². The largest absolute Gasteiger partial charge is 0.393 e. The molecule has 0 aromatic heterocycles. The van der Waals surface area contributed by atoms with Crippen LogP contribution in [0.1, 0.15) is 12.8 Å². The summed E-state index contributed by atoms with van der Waals surface area (Å²) in [6, 6.07) is 0. The fraction of sp³-hybridized carbons (Fsp3) is 0.875. The first kappa shape index (κ1) is 9.18. The molecule has 1 aliphatic heterocycles.